The Morgan fingerprint density at radius 1 is 1.18 bits per heavy atom. The number of aliphatic imine (C=N–C) groups is 1. The monoisotopic (exact) mass is 315 g/mol. The predicted octanol–water partition coefficient (Wildman–Crippen LogP) is 2.98. The molecule has 0 bridgehead atoms. The first kappa shape index (κ1) is 14.4. The van der Waals surface area contributed by atoms with Gasteiger partial charge in [0.05, 0.1) is 0 Å². The summed E-state index contributed by atoms with van der Waals surface area (Å²) in [6, 6.07) is 14.3. The van der Waals surface area contributed by atoms with Crippen LogP contribution < -0.4 is 11.1 Å². The van der Waals surface area contributed by atoms with E-state index in [4.69, 9.17) is 22.1 Å². The summed E-state index contributed by atoms with van der Waals surface area (Å²) in [7, 11) is 0. The Bertz CT molecular complexity index is 711. The number of nitrogens with one attached hydrogen (secondary N) is 1. The zero-order valence-electron chi connectivity index (χ0n) is 11.6. The van der Waals surface area contributed by atoms with Crippen molar-refractivity contribution in [2.75, 3.05) is 11.9 Å². The molecule has 6 heteroatoms. The van der Waals surface area contributed by atoms with Crippen LogP contribution in [0.1, 0.15) is 22.0 Å². The average Bonchev–Trinajstić information content (AvgIpc) is 2.95. The molecule has 5 nitrogen and oxygen atoms in total. The summed E-state index contributed by atoms with van der Waals surface area (Å²) in [5.74, 6) is -0.184. The summed E-state index contributed by atoms with van der Waals surface area (Å²) in [4.78, 5) is 16.3. The average molecular weight is 316 g/mol. The first-order valence-corrected chi connectivity index (χ1v) is 7.12. The Labute approximate surface area is 132 Å². The Balaban J connectivity index is 1.68. The van der Waals surface area contributed by atoms with Crippen molar-refractivity contribution in [1.82, 2.24) is 0 Å². The van der Waals surface area contributed by atoms with Crippen LogP contribution in [-0.4, -0.2) is 18.5 Å². The van der Waals surface area contributed by atoms with E-state index in [2.05, 4.69) is 10.3 Å². The number of hydrogen-bond donors (Lipinski definition) is 2. The number of hydrogen-bond acceptors (Lipinski definition) is 4. The molecule has 1 atom stereocenters. The molecule has 2 aromatic carbocycles. The van der Waals surface area contributed by atoms with Crippen LogP contribution >= 0.6 is 11.6 Å². The number of amidine groups is 1. The second-order valence-corrected chi connectivity index (χ2v) is 5.31. The minimum absolute atomic E-state index is 0.0824. The zero-order chi connectivity index (χ0) is 15.5. The highest BCUT2D eigenvalue weighted by atomic mass is 35.5. The number of rotatable bonds is 3. The van der Waals surface area contributed by atoms with Crippen molar-refractivity contribution in [2.24, 2.45) is 10.7 Å². The number of nitrogens with two attached hydrogens (primary N) is 1. The van der Waals surface area contributed by atoms with Crippen LogP contribution in [0.4, 0.5) is 5.69 Å². The number of anilines is 1. The summed E-state index contributed by atoms with van der Waals surface area (Å²) in [6.07, 6.45) is 0. The van der Waals surface area contributed by atoms with Gasteiger partial charge in [0.15, 0.2) is 0 Å². The number of carbonyl (C=O) groups excluding carboxylic acids is 1. The quantitative estimate of drug-likeness (QED) is 0.914. The summed E-state index contributed by atoms with van der Waals surface area (Å²) in [6.45, 7) is 0.447. The van der Waals surface area contributed by atoms with E-state index < -0.39 is 0 Å². The van der Waals surface area contributed by atoms with Gasteiger partial charge >= 0.3 is 0 Å². The van der Waals surface area contributed by atoms with E-state index in [0.29, 0.717) is 22.9 Å². The molecular weight excluding hydrogens is 302 g/mol. The first-order valence-electron chi connectivity index (χ1n) is 6.75. The smallest absolute Gasteiger partial charge is 0.282 e. The molecule has 1 unspecified atom stereocenters. The van der Waals surface area contributed by atoms with E-state index in [1.807, 2.05) is 24.3 Å². The van der Waals surface area contributed by atoms with E-state index in [1.165, 1.54) is 0 Å². The van der Waals surface area contributed by atoms with E-state index in [9.17, 15) is 4.79 Å². The maximum Gasteiger partial charge on any atom is 0.282 e. The van der Waals surface area contributed by atoms with Gasteiger partial charge < -0.3 is 15.8 Å². The lowest BCUT2D eigenvalue weighted by Crippen LogP contribution is -2.11. The lowest BCUT2D eigenvalue weighted by Gasteiger charge is -2.08. The molecule has 22 heavy (non-hydrogen) atoms. The minimum atomic E-state index is -0.184. The Kier molecular flexibility index (Phi) is 3.98. The van der Waals surface area contributed by atoms with Crippen molar-refractivity contribution in [2.45, 2.75) is 6.04 Å². The molecule has 1 amide bonds. The molecule has 0 fully saturated rings. The zero-order valence-corrected chi connectivity index (χ0v) is 12.4. The van der Waals surface area contributed by atoms with Gasteiger partial charge in [-0.25, -0.2) is 4.99 Å². The normalized spacial score (nSPS) is 16.8. The fraction of sp³-hybridized carbons (Fsp3) is 0.125. The van der Waals surface area contributed by atoms with Crippen LogP contribution in [0.15, 0.2) is 53.5 Å². The van der Waals surface area contributed by atoms with Crippen molar-refractivity contribution in [1.29, 1.82) is 0 Å². The number of nitrogens with zero attached hydrogens (tertiary/aromatic N) is 1. The Hall–Kier alpha value is -2.53. The predicted molar refractivity (Wildman–Crippen MR) is 86.2 cm³/mol. The third-order valence-corrected chi connectivity index (χ3v) is 3.58. The molecule has 0 saturated carbocycles. The highest BCUT2D eigenvalue weighted by Crippen LogP contribution is 2.23. The van der Waals surface area contributed by atoms with Crippen LogP contribution in [0.25, 0.3) is 0 Å². The molecule has 0 aliphatic carbocycles. The van der Waals surface area contributed by atoms with Gasteiger partial charge in [-0.3, -0.25) is 4.79 Å². The van der Waals surface area contributed by atoms with Crippen molar-refractivity contribution in [3.8, 4) is 0 Å². The molecule has 0 radical (unpaired) electrons. The summed E-state index contributed by atoms with van der Waals surface area (Å²) in [5.41, 5.74) is 7.74. The number of ether oxygens (including phenoxy) is 1. The highest BCUT2D eigenvalue weighted by molar-refractivity contribution is 6.30. The van der Waals surface area contributed by atoms with Crippen molar-refractivity contribution in [3.05, 3.63) is 64.7 Å². The standard InChI is InChI=1S/C16H14ClN3O2/c17-12-5-1-11(2-6-12)15(21)19-13-7-3-10(4-8-13)14-9-22-16(18)20-14/h1-8,14H,9H2,(H2,18,20)(H,19,21). The van der Waals surface area contributed by atoms with E-state index in [1.54, 1.807) is 24.3 Å². The van der Waals surface area contributed by atoms with Gasteiger partial charge in [0.25, 0.3) is 11.9 Å². The van der Waals surface area contributed by atoms with Gasteiger partial charge in [-0.1, -0.05) is 23.7 Å². The lowest BCUT2D eigenvalue weighted by atomic mass is 10.1. The number of benzene rings is 2. The van der Waals surface area contributed by atoms with Crippen molar-refractivity contribution < 1.29 is 9.53 Å². The van der Waals surface area contributed by atoms with Crippen LogP contribution in [0.2, 0.25) is 5.02 Å². The van der Waals surface area contributed by atoms with Gasteiger partial charge in [-0.2, -0.15) is 0 Å². The van der Waals surface area contributed by atoms with Gasteiger partial charge in [-0.05, 0) is 42.0 Å². The largest absolute Gasteiger partial charge is 0.463 e. The third-order valence-electron chi connectivity index (χ3n) is 3.33. The molecule has 0 aromatic heterocycles. The topological polar surface area (TPSA) is 76.7 Å². The molecule has 0 spiro atoms. The van der Waals surface area contributed by atoms with Crippen LogP contribution in [0, 0.1) is 0 Å². The summed E-state index contributed by atoms with van der Waals surface area (Å²) in [5, 5.41) is 3.43. The maximum atomic E-state index is 12.1. The van der Waals surface area contributed by atoms with Gasteiger partial charge in [-0.15, -0.1) is 0 Å². The van der Waals surface area contributed by atoms with E-state index in [0.717, 1.165) is 5.56 Å². The minimum Gasteiger partial charge on any atom is -0.463 e. The molecule has 3 N–H and O–H groups in total. The van der Waals surface area contributed by atoms with Crippen LogP contribution in [-0.2, 0) is 4.74 Å². The van der Waals surface area contributed by atoms with Gasteiger partial charge in [0.2, 0.25) is 0 Å². The fourth-order valence-electron chi connectivity index (χ4n) is 2.16. The summed E-state index contributed by atoms with van der Waals surface area (Å²) < 4.78 is 5.13. The fourth-order valence-corrected chi connectivity index (χ4v) is 2.28. The SMILES string of the molecule is NC1=NC(c2ccc(NC(=O)c3ccc(Cl)cc3)cc2)CO1. The van der Waals surface area contributed by atoms with Crippen LogP contribution in [0.5, 0.6) is 0 Å². The number of amides is 1. The second kappa shape index (κ2) is 6.07. The number of carbonyl (C=O) groups is 1. The number of halogens is 1. The molecule has 3 rings (SSSR count). The van der Waals surface area contributed by atoms with E-state index in [-0.39, 0.29) is 18.0 Å². The Morgan fingerprint density at radius 2 is 1.86 bits per heavy atom. The van der Waals surface area contributed by atoms with Crippen molar-refractivity contribution in [3.63, 3.8) is 0 Å². The molecule has 1 aliphatic heterocycles. The highest BCUT2D eigenvalue weighted by Gasteiger charge is 2.18. The van der Waals surface area contributed by atoms with Gasteiger partial charge in [0.1, 0.15) is 12.6 Å². The molecule has 112 valence electrons. The third kappa shape index (κ3) is 3.20. The summed E-state index contributed by atoms with van der Waals surface area (Å²) >= 11 is 5.80. The van der Waals surface area contributed by atoms with E-state index >= 15 is 0 Å². The molecule has 1 heterocycles. The first-order chi connectivity index (χ1) is 10.6. The molecule has 0 saturated heterocycles. The molecule has 2 aromatic rings. The van der Waals surface area contributed by atoms with Crippen molar-refractivity contribution >= 4 is 29.2 Å². The van der Waals surface area contributed by atoms with Gasteiger partial charge in [0, 0.05) is 16.3 Å². The second-order valence-electron chi connectivity index (χ2n) is 4.88. The molecular formula is C16H14ClN3O2. The lowest BCUT2D eigenvalue weighted by molar-refractivity contribution is 0.102. The Morgan fingerprint density at radius 3 is 2.45 bits per heavy atom. The molecule has 1 aliphatic rings. The maximum absolute atomic E-state index is 12.1. The van der Waals surface area contributed by atoms with Crippen LogP contribution in [0.3, 0.4) is 0 Å².